The van der Waals surface area contributed by atoms with Gasteiger partial charge >= 0.3 is 0 Å². The van der Waals surface area contributed by atoms with Gasteiger partial charge < -0.3 is 15.0 Å². The summed E-state index contributed by atoms with van der Waals surface area (Å²) in [5.41, 5.74) is 0.941. The van der Waals surface area contributed by atoms with Crippen molar-refractivity contribution in [2.24, 2.45) is 0 Å². The molecule has 2 aromatic rings. The smallest absolute Gasteiger partial charge is 0.227 e. The highest BCUT2D eigenvalue weighted by Gasteiger charge is 2.07. The van der Waals surface area contributed by atoms with E-state index in [9.17, 15) is 0 Å². The Kier molecular flexibility index (Phi) is 3.94. The number of aromatic nitrogens is 2. The zero-order valence-electron chi connectivity index (χ0n) is 11.0. The zero-order valence-corrected chi connectivity index (χ0v) is 11.0. The summed E-state index contributed by atoms with van der Waals surface area (Å²) in [5.74, 6) is 1.55. The number of hydrogen-bond acceptors (Lipinski definition) is 5. The number of rotatable bonds is 5. The number of fused-ring (bicyclic) bond motifs is 1. The van der Waals surface area contributed by atoms with E-state index in [1.165, 1.54) is 0 Å². The fraction of sp³-hybridized carbons (Fsp3) is 0.385. The van der Waals surface area contributed by atoms with E-state index in [0.717, 1.165) is 23.3 Å². The molecule has 0 spiro atoms. The quantitative estimate of drug-likeness (QED) is 0.815. The number of methoxy groups -OCH3 is 1. The van der Waals surface area contributed by atoms with Gasteiger partial charge in [-0.2, -0.15) is 4.98 Å². The largest absolute Gasteiger partial charge is 0.383 e. The number of benzene rings is 1. The number of para-hydroxylation sites is 1. The van der Waals surface area contributed by atoms with Gasteiger partial charge in [0.25, 0.3) is 0 Å². The van der Waals surface area contributed by atoms with Crippen molar-refractivity contribution in [3.8, 4) is 0 Å². The molecule has 0 aliphatic rings. The Bertz CT molecular complexity index is 527. The Morgan fingerprint density at radius 3 is 2.72 bits per heavy atom. The molecule has 18 heavy (non-hydrogen) atoms. The molecule has 2 rings (SSSR count). The van der Waals surface area contributed by atoms with E-state index in [-0.39, 0.29) is 0 Å². The van der Waals surface area contributed by atoms with Crippen molar-refractivity contribution >= 4 is 22.7 Å². The van der Waals surface area contributed by atoms with Gasteiger partial charge in [0.1, 0.15) is 5.82 Å². The van der Waals surface area contributed by atoms with E-state index in [1.54, 1.807) is 7.11 Å². The van der Waals surface area contributed by atoms with Crippen LogP contribution in [-0.4, -0.2) is 44.3 Å². The van der Waals surface area contributed by atoms with Crippen LogP contribution < -0.4 is 10.2 Å². The van der Waals surface area contributed by atoms with Crippen LogP contribution in [0.15, 0.2) is 24.3 Å². The fourth-order valence-corrected chi connectivity index (χ4v) is 1.67. The molecule has 0 aliphatic heterocycles. The van der Waals surface area contributed by atoms with E-state index in [0.29, 0.717) is 12.6 Å². The summed E-state index contributed by atoms with van der Waals surface area (Å²) in [7, 11) is 5.55. The Labute approximate surface area is 107 Å². The third-order valence-electron chi connectivity index (χ3n) is 2.59. The fourth-order valence-electron chi connectivity index (χ4n) is 1.67. The Hall–Kier alpha value is -1.88. The maximum atomic E-state index is 5.04. The molecule has 0 saturated heterocycles. The highest BCUT2D eigenvalue weighted by molar-refractivity contribution is 5.90. The topological polar surface area (TPSA) is 50.3 Å². The monoisotopic (exact) mass is 246 g/mol. The lowest BCUT2D eigenvalue weighted by Crippen LogP contribution is -2.15. The van der Waals surface area contributed by atoms with Crippen molar-refractivity contribution in [2.75, 3.05) is 44.6 Å². The van der Waals surface area contributed by atoms with Crippen LogP contribution in [0.4, 0.5) is 11.8 Å². The van der Waals surface area contributed by atoms with Crippen LogP contribution in [0.1, 0.15) is 0 Å². The lowest BCUT2D eigenvalue weighted by atomic mass is 10.2. The Balaban J connectivity index is 2.40. The molecule has 0 aliphatic carbocycles. The van der Waals surface area contributed by atoms with Gasteiger partial charge in [0.15, 0.2) is 0 Å². The molecular weight excluding hydrogens is 228 g/mol. The van der Waals surface area contributed by atoms with Gasteiger partial charge in [-0.05, 0) is 12.1 Å². The molecule has 0 fully saturated rings. The van der Waals surface area contributed by atoms with Gasteiger partial charge in [0.2, 0.25) is 5.95 Å². The standard InChI is InChI=1S/C13H18N4O/c1-17(2)13-15-11-7-5-4-6-10(11)12(16-13)14-8-9-18-3/h4-7H,8-9H2,1-3H3,(H,14,15,16). The van der Waals surface area contributed by atoms with Crippen molar-refractivity contribution in [2.45, 2.75) is 0 Å². The summed E-state index contributed by atoms with van der Waals surface area (Å²) in [4.78, 5) is 10.9. The van der Waals surface area contributed by atoms with E-state index in [4.69, 9.17) is 4.74 Å². The van der Waals surface area contributed by atoms with Crippen LogP contribution in [0.2, 0.25) is 0 Å². The Morgan fingerprint density at radius 1 is 1.22 bits per heavy atom. The normalized spacial score (nSPS) is 10.6. The van der Waals surface area contributed by atoms with Crippen molar-refractivity contribution in [3.63, 3.8) is 0 Å². The van der Waals surface area contributed by atoms with Crippen LogP contribution in [0.5, 0.6) is 0 Å². The van der Waals surface area contributed by atoms with Gasteiger partial charge in [-0.25, -0.2) is 4.98 Å². The first kappa shape index (κ1) is 12.6. The van der Waals surface area contributed by atoms with Gasteiger partial charge in [0, 0.05) is 33.1 Å². The van der Waals surface area contributed by atoms with Crippen LogP contribution in [0.3, 0.4) is 0 Å². The molecule has 0 amide bonds. The summed E-state index contributed by atoms with van der Waals surface area (Å²) in [6.45, 7) is 1.38. The van der Waals surface area contributed by atoms with E-state index >= 15 is 0 Å². The van der Waals surface area contributed by atoms with E-state index < -0.39 is 0 Å². The highest BCUT2D eigenvalue weighted by Crippen LogP contribution is 2.22. The molecule has 1 heterocycles. The first-order chi connectivity index (χ1) is 8.72. The lowest BCUT2D eigenvalue weighted by molar-refractivity contribution is 0.210. The number of anilines is 2. The van der Waals surface area contributed by atoms with Gasteiger partial charge in [-0.15, -0.1) is 0 Å². The van der Waals surface area contributed by atoms with Crippen LogP contribution in [0.25, 0.3) is 10.9 Å². The maximum absolute atomic E-state index is 5.04. The summed E-state index contributed by atoms with van der Waals surface area (Å²) in [5, 5.41) is 4.31. The molecule has 1 aromatic carbocycles. The molecule has 0 radical (unpaired) electrons. The number of hydrogen-bond donors (Lipinski definition) is 1. The third kappa shape index (κ3) is 2.68. The molecule has 96 valence electrons. The first-order valence-electron chi connectivity index (χ1n) is 5.89. The number of nitrogens with zero attached hydrogens (tertiary/aromatic N) is 3. The second-order valence-electron chi connectivity index (χ2n) is 4.20. The second kappa shape index (κ2) is 5.64. The van der Waals surface area contributed by atoms with Crippen molar-refractivity contribution < 1.29 is 4.74 Å². The molecule has 0 unspecified atom stereocenters. The summed E-state index contributed by atoms with van der Waals surface area (Å²) in [6.07, 6.45) is 0. The van der Waals surface area contributed by atoms with Crippen molar-refractivity contribution in [3.05, 3.63) is 24.3 Å². The predicted molar refractivity (Wildman–Crippen MR) is 74.2 cm³/mol. The number of nitrogens with one attached hydrogen (secondary N) is 1. The minimum atomic E-state index is 0.648. The molecule has 0 atom stereocenters. The van der Waals surface area contributed by atoms with Crippen LogP contribution in [-0.2, 0) is 4.74 Å². The molecular formula is C13H18N4O. The average molecular weight is 246 g/mol. The molecule has 5 nitrogen and oxygen atoms in total. The third-order valence-corrected chi connectivity index (χ3v) is 2.59. The summed E-state index contributed by atoms with van der Waals surface area (Å²) in [6, 6.07) is 7.98. The summed E-state index contributed by atoms with van der Waals surface area (Å²) >= 11 is 0. The first-order valence-corrected chi connectivity index (χ1v) is 5.89. The molecule has 1 aromatic heterocycles. The second-order valence-corrected chi connectivity index (χ2v) is 4.20. The highest BCUT2D eigenvalue weighted by atomic mass is 16.5. The SMILES string of the molecule is COCCNc1nc(N(C)C)nc2ccccc12. The van der Waals surface area contributed by atoms with Gasteiger partial charge in [-0.3, -0.25) is 0 Å². The van der Waals surface area contributed by atoms with Gasteiger partial charge in [-0.1, -0.05) is 12.1 Å². The zero-order chi connectivity index (χ0) is 13.0. The molecule has 1 N–H and O–H groups in total. The maximum Gasteiger partial charge on any atom is 0.227 e. The van der Waals surface area contributed by atoms with E-state index in [1.807, 2.05) is 43.3 Å². The van der Waals surface area contributed by atoms with Crippen molar-refractivity contribution in [1.82, 2.24) is 9.97 Å². The minimum Gasteiger partial charge on any atom is -0.383 e. The predicted octanol–water partition coefficient (Wildman–Crippen LogP) is 1.75. The summed E-state index contributed by atoms with van der Waals surface area (Å²) < 4.78 is 5.04. The molecule has 5 heteroatoms. The van der Waals surface area contributed by atoms with Gasteiger partial charge in [0.05, 0.1) is 12.1 Å². The van der Waals surface area contributed by atoms with Crippen LogP contribution >= 0.6 is 0 Å². The number of ether oxygens (including phenoxy) is 1. The van der Waals surface area contributed by atoms with Crippen LogP contribution in [0, 0.1) is 0 Å². The molecule has 0 bridgehead atoms. The van der Waals surface area contributed by atoms with E-state index in [2.05, 4.69) is 15.3 Å². The molecule has 0 saturated carbocycles. The lowest BCUT2D eigenvalue weighted by Gasteiger charge is -2.14. The Morgan fingerprint density at radius 2 is 2.00 bits per heavy atom. The van der Waals surface area contributed by atoms with Crippen molar-refractivity contribution in [1.29, 1.82) is 0 Å². The average Bonchev–Trinajstić information content (AvgIpc) is 2.38. The minimum absolute atomic E-state index is 0.648.